The maximum Gasteiger partial charge on any atom is 0.305 e. The second kappa shape index (κ2) is 6.13. The van der Waals surface area contributed by atoms with Crippen LogP contribution >= 0.6 is 11.3 Å². The number of methoxy groups -OCH3 is 2. The van der Waals surface area contributed by atoms with Gasteiger partial charge in [0.1, 0.15) is 0 Å². The van der Waals surface area contributed by atoms with E-state index < -0.39 is 0 Å². The van der Waals surface area contributed by atoms with E-state index in [0.29, 0.717) is 22.7 Å². The first-order chi connectivity index (χ1) is 11.1. The number of hydrogen-bond acceptors (Lipinski definition) is 5. The molecule has 0 saturated heterocycles. The van der Waals surface area contributed by atoms with Crippen LogP contribution in [0.1, 0.15) is 10.4 Å². The van der Waals surface area contributed by atoms with Gasteiger partial charge in [-0.2, -0.15) is 0 Å². The monoisotopic (exact) mass is 330 g/mol. The molecule has 7 heteroatoms. The number of thiazole rings is 1. The van der Waals surface area contributed by atoms with Crippen molar-refractivity contribution in [1.82, 2.24) is 4.98 Å². The zero-order valence-corrected chi connectivity index (χ0v) is 13.3. The van der Waals surface area contributed by atoms with Crippen LogP contribution in [-0.2, 0) is 0 Å². The Hall–Kier alpha value is -2.80. The smallest absolute Gasteiger partial charge is 0.305 e. The van der Waals surface area contributed by atoms with Crippen molar-refractivity contribution in [2.45, 2.75) is 0 Å². The van der Waals surface area contributed by atoms with Gasteiger partial charge in [-0.05, 0) is 36.4 Å². The minimum atomic E-state index is -0.270. The number of nitrogens with one attached hydrogen (secondary N) is 2. The van der Waals surface area contributed by atoms with Crippen molar-refractivity contribution in [3.8, 4) is 11.5 Å². The molecule has 0 fully saturated rings. The van der Waals surface area contributed by atoms with Crippen LogP contribution in [0.15, 0.2) is 41.2 Å². The van der Waals surface area contributed by atoms with Crippen LogP contribution < -0.4 is 19.7 Å². The Morgan fingerprint density at radius 1 is 1.09 bits per heavy atom. The molecule has 0 aliphatic rings. The summed E-state index contributed by atoms with van der Waals surface area (Å²) >= 11 is 1.10. The number of carbonyl (C=O) groups excluding carboxylic acids is 1. The Morgan fingerprint density at radius 2 is 1.87 bits per heavy atom. The summed E-state index contributed by atoms with van der Waals surface area (Å²) in [5, 5.41) is 2.80. The summed E-state index contributed by atoms with van der Waals surface area (Å²) in [7, 11) is 3.05. The number of aromatic nitrogens is 1. The molecular formula is C16H14N2O4S. The molecule has 118 valence electrons. The van der Waals surface area contributed by atoms with Gasteiger partial charge in [-0.15, -0.1) is 0 Å². The van der Waals surface area contributed by atoms with E-state index in [4.69, 9.17) is 9.47 Å². The van der Waals surface area contributed by atoms with Crippen molar-refractivity contribution in [3.05, 3.63) is 51.6 Å². The van der Waals surface area contributed by atoms with Gasteiger partial charge in [0.05, 0.1) is 24.4 Å². The zero-order valence-electron chi connectivity index (χ0n) is 12.5. The van der Waals surface area contributed by atoms with Crippen LogP contribution in [0.3, 0.4) is 0 Å². The van der Waals surface area contributed by atoms with Crippen LogP contribution in [0, 0.1) is 0 Å². The van der Waals surface area contributed by atoms with E-state index in [9.17, 15) is 9.59 Å². The molecule has 1 aromatic heterocycles. The molecule has 2 aromatic carbocycles. The van der Waals surface area contributed by atoms with Gasteiger partial charge in [0.25, 0.3) is 5.91 Å². The highest BCUT2D eigenvalue weighted by Gasteiger charge is 2.11. The van der Waals surface area contributed by atoms with E-state index in [2.05, 4.69) is 10.3 Å². The number of aromatic amines is 1. The number of anilines is 1. The quantitative estimate of drug-likeness (QED) is 0.771. The summed E-state index contributed by atoms with van der Waals surface area (Å²) in [6, 6.07) is 10.2. The number of H-pyrrole nitrogens is 1. The van der Waals surface area contributed by atoms with E-state index >= 15 is 0 Å². The van der Waals surface area contributed by atoms with Crippen LogP contribution in [0.25, 0.3) is 10.2 Å². The minimum absolute atomic E-state index is 0.122. The summed E-state index contributed by atoms with van der Waals surface area (Å²) in [6.45, 7) is 0. The molecule has 0 radical (unpaired) electrons. The van der Waals surface area contributed by atoms with Crippen molar-refractivity contribution < 1.29 is 14.3 Å². The predicted molar refractivity (Wildman–Crippen MR) is 89.9 cm³/mol. The number of carbonyl (C=O) groups is 1. The first-order valence-corrected chi connectivity index (χ1v) is 7.58. The summed E-state index contributed by atoms with van der Waals surface area (Å²) in [5.74, 6) is 0.773. The van der Waals surface area contributed by atoms with Crippen LogP contribution in [0.4, 0.5) is 5.69 Å². The van der Waals surface area contributed by atoms with E-state index in [0.717, 1.165) is 21.6 Å². The van der Waals surface area contributed by atoms with Gasteiger partial charge in [0, 0.05) is 11.3 Å². The lowest BCUT2D eigenvalue weighted by molar-refractivity contribution is 0.102. The van der Waals surface area contributed by atoms with Crippen molar-refractivity contribution in [3.63, 3.8) is 0 Å². The largest absolute Gasteiger partial charge is 0.493 e. The molecule has 0 atom stereocenters. The normalized spacial score (nSPS) is 10.5. The molecule has 2 N–H and O–H groups in total. The van der Waals surface area contributed by atoms with Crippen molar-refractivity contribution >= 4 is 33.1 Å². The highest BCUT2D eigenvalue weighted by atomic mass is 32.1. The van der Waals surface area contributed by atoms with Gasteiger partial charge in [-0.1, -0.05) is 11.3 Å². The first kappa shape index (κ1) is 15.1. The van der Waals surface area contributed by atoms with E-state index in [1.165, 1.54) is 14.2 Å². The summed E-state index contributed by atoms with van der Waals surface area (Å²) in [6.07, 6.45) is 0. The van der Waals surface area contributed by atoms with Crippen molar-refractivity contribution in [2.75, 3.05) is 19.5 Å². The Kier molecular flexibility index (Phi) is 4.03. The third-order valence-corrected chi connectivity index (χ3v) is 4.17. The van der Waals surface area contributed by atoms with Crippen molar-refractivity contribution in [2.24, 2.45) is 0 Å². The minimum Gasteiger partial charge on any atom is -0.493 e. The van der Waals surface area contributed by atoms with E-state index in [1.54, 1.807) is 36.4 Å². The molecule has 3 aromatic rings. The fourth-order valence-corrected chi connectivity index (χ4v) is 2.98. The molecule has 1 heterocycles. The molecule has 6 nitrogen and oxygen atoms in total. The fraction of sp³-hybridized carbons (Fsp3) is 0.125. The second-order valence-corrected chi connectivity index (χ2v) is 5.76. The average molecular weight is 330 g/mol. The highest BCUT2D eigenvalue weighted by Crippen LogP contribution is 2.28. The fourth-order valence-electron chi connectivity index (χ4n) is 2.20. The van der Waals surface area contributed by atoms with Gasteiger partial charge in [0.15, 0.2) is 11.5 Å². The zero-order chi connectivity index (χ0) is 16.4. The number of hydrogen-bond donors (Lipinski definition) is 2. The number of rotatable bonds is 4. The molecular weight excluding hydrogens is 316 g/mol. The topological polar surface area (TPSA) is 80.4 Å². The van der Waals surface area contributed by atoms with Crippen LogP contribution in [0.5, 0.6) is 11.5 Å². The molecule has 0 bridgehead atoms. The lowest BCUT2D eigenvalue weighted by Crippen LogP contribution is -2.12. The molecule has 0 saturated carbocycles. The van der Waals surface area contributed by atoms with Crippen LogP contribution in [0.2, 0.25) is 0 Å². The summed E-state index contributed by atoms with van der Waals surface area (Å²) in [4.78, 5) is 26.3. The van der Waals surface area contributed by atoms with Gasteiger partial charge < -0.3 is 19.8 Å². The lowest BCUT2D eigenvalue weighted by Gasteiger charge is -2.10. The Bertz CT molecular complexity index is 929. The third kappa shape index (κ3) is 3.04. The van der Waals surface area contributed by atoms with E-state index in [1.807, 2.05) is 0 Å². The predicted octanol–water partition coefficient (Wildman–Crippen LogP) is 2.86. The molecule has 23 heavy (non-hydrogen) atoms. The lowest BCUT2D eigenvalue weighted by atomic mass is 10.2. The molecule has 0 aliphatic carbocycles. The number of amides is 1. The standard InChI is InChI=1S/C16H14N2O4S/c1-21-12-6-3-9(7-13(12)22-2)15(19)17-10-4-5-11-14(8-10)23-16(20)18-11/h3-8H,1-2H3,(H,17,19)(H,18,20). The maximum absolute atomic E-state index is 12.3. The Morgan fingerprint density at radius 3 is 2.61 bits per heavy atom. The maximum atomic E-state index is 12.3. The van der Waals surface area contributed by atoms with Gasteiger partial charge in [-0.25, -0.2) is 0 Å². The SMILES string of the molecule is COc1ccc(C(=O)Nc2ccc3[nH]c(=O)sc3c2)cc1OC. The first-order valence-electron chi connectivity index (χ1n) is 6.77. The third-order valence-electron chi connectivity index (χ3n) is 3.32. The number of fused-ring (bicyclic) bond motifs is 1. The molecule has 0 spiro atoms. The second-order valence-electron chi connectivity index (χ2n) is 4.75. The number of benzene rings is 2. The average Bonchev–Trinajstić information content (AvgIpc) is 2.93. The molecule has 0 aliphatic heterocycles. The number of ether oxygens (including phenoxy) is 2. The van der Waals surface area contributed by atoms with Crippen LogP contribution in [-0.4, -0.2) is 25.1 Å². The van der Waals surface area contributed by atoms with E-state index in [-0.39, 0.29) is 10.8 Å². The van der Waals surface area contributed by atoms with Gasteiger partial charge in [-0.3, -0.25) is 9.59 Å². The summed E-state index contributed by atoms with van der Waals surface area (Å²) < 4.78 is 11.1. The Balaban J connectivity index is 1.86. The van der Waals surface area contributed by atoms with Gasteiger partial charge >= 0.3 is 4.87 Å². The van der Waals surface area contributed by atoms with Crippen molar-refractivity contribution in [1.29, 1.82) is 0 Å². The summed E-state index contributed by atoms with van der Waals surface area (Å²) in [5.41, 5.74) is 1.82. The Labute approximate surface area is 135 Å². The molecule has 0 unspecified atom stereocenters. The van der Waals surface area contributed by atoms with Gasteiger partial charge in [0.2, 0.25) is 0 Å². The highest BCUT2D eigenvalue weighted by molar-refractivity contribution is 7.16. The molecule has 3 rings (SSSR count). The molecule has 1 amide bonds.